The maximum absolute atomic E-state index is 10.8. The van der Waals surface area contributed by atoms with Gasteiger partial charge in [-0.2, -0.15) is 0 Å². The molecule has 3 heteroatoms. The smallest absolute Gasteiger partial charge is 0.275 e. The largest absolute Gasteiger partial charge is 0.351 e. The molecule has 4 N–H and O–H groups in total. The first kappa shape index (κ1) is 11.4. The minimum Gasteiger partial charge on any atom is -0.351 e. The standard InChI is InChI=1S/C9H20N2O/c1-9(2,3)5-4-6-11-8(12)7-10/h4-7,10H2,1-3H3,(H,11,12)/p+1. The van der Waals surface area contributed by atoms with Gasteiger partial charge in [-0.1, -0.05) is 20.8 Å². The summed E-state index contributed by atoms with van der Waals surface area (Å²) in [7, 11) is 0. The molecule has 3 nitrogen and oxygen atoms in total. The van der Waals surface area contributed by atoms with E-state index in [1.807, 2.05) is 0 Å². The van der Waals surface area contributed by atoms with Gasteiger partial charge in [-0.25, -0.2) is 0 Å². The summed E-state index contributed by atoms with van der Waals surface area (Å²) in [6.07, 6.45) is 2.19. The summed E-state index contributed by atoms with van der Waals surface area (Å²) in [5.74, 6) is 0.0453. The summed E-state index contributed by atoms with van der Waals surface area (Å²) in [6.45, 7) is 7.74. The van der Waals surface area contributed by atoms with Crippen molar-refractivity contribution in [1.29, 1.82) is 0 Å². The van der Waals surface area contributed by atoms with Gasteiger partial charge in [0, 0.05) is 6.54 Å². The second kappa shape index (κ2) is 5.14. The Morgan fingerprint density at radius 1 is 1.42 bits per heavy atom. The summed E-state index contributed by atoms with van der Waals surface area (Å²) >= 11 is 0. The second-order valence-corrected chi connectivity index (χ2v) is 4.26. The molecule has 1 amide bonds. The number of hydrogen-bond acceptors (Lipinski definition) is 1. The zero-order valence-corrected chi connectivity index (χ0v) is 8.44. The number of quaternary nitrogens is 1. The van der Waals surface area contributed by atoms with Gasteiger partial charge in [0.25, 0.3) is 5.91 Å². The molecule has 0 radical (unpaired) electrons. The minimum atomic E-state index is 0.0453. The predicted octanol–water partition coefficient (Wildman–Crippen LogP) is 0.171. The van der Waals surface area contributed by atoms with Crippen molar-refractivity contribution in [3.8, 4) is 0 Å². The molecule has 0 aromatic heterocycles. The van der Waals surface area contributed by atoms with Crippen LogP contribution in [0.15, 0.2) is 0 Å². The molecular weight excluding hydrogens is 152 g/mol. The van der Waals surface area contributed by atoms with Gasteiger partial charge >= 0.3 is 0 Å². The van der Waals surface area contributed by atoms with Crippen molar-refractivity contribution in [2.45, 2.75) is 33.6 Å². The maximum atomic E-state index is 10.8. The van der Waals surface area contributed by atoms with Crippen molar-refractivity contribution in [2.75, 3.05) is 13.1 Å². The monoisotopic (exact) mass is 173 g/mol. The predicted molar refractivity (Wildman–Crippen MR) is 49.5 cm³/mol. The lowest BCUT2D eigenvalue weighted by Crippen LogP contribution is -2.57. The highest BCUT2D eigenvalue weighted by Crippen LogP contribution is 2.19. The average Bonchev–Trinajstić information content (AvgIpc) is 1.96. The van der Waals surface area contributed by atoms with Gasteiger partial charge in [0.05, 0.1) is 0 Å². The summed E-state index contributed by atoms with van der Waals surface area (Å²) in [5.41, 5.74) is 3.87. The highest BCUT2D eigenvalue weighted by Gasteiger charge is 2.09. The number of carbonyl (C=O) groups excluding carboxylic acids is 1. The van der Waals surface area contributed by atoms with Crippen LogP contribution >= 0.6 is 0 Å². The van der Waals surface area contributed by atoms with Crippen molar-refractivity contribution in [3.63, 3.8) is 0 Å². The first-order valence-corrected chi connectivity index (χ1v) is 4.51. The van der Waals surface area contributed by atoms with Crippen molar-refractivity contribution >= 4 is 5.91 Å². The summed E-state index contributed by atoms with van der Waals surface area (Å²) in [5, 5.41) is 2.80. The van der Waals surface area contributed by atoms with Crippen LogP contribution in [0.3, 0.4) is 0 Å². The topological polar surface area (TPSA) is 56.7 Å². The van der Waals surface area contributed by atoms with Crippen LogP contribution in [0.1, 0.15) is 33.6 Å². The zero-order valence-electron chi connectivity index (χ0n) is 8.44. The van der Waals surface area contributed by atoms with Crippen molar-refractivity contribution in [2.24, 2.45) is 5.41 Å². The number of nitrogens with one attached hydrogen (secondary N) is 1. The van der Waals surface area contributed by atoms with E-state index in [9.17, 15) is 4.79 Å². The Morgan fingerprint density at radius 2 is 2.00 bits per heavy atom. The highest BCUT2D eigenvalue weighted by molar-refractivity contribution is 5.76. The third-order valence-electron chi connectivity index (χ3n) is 1.65. The quantitative estimate of drug-likeness (QED) is 0.585. The average molecular weight is 173 g/mol. The van der Waals surface area contributed by atoms with Crippen molar-refractivity contribution in [3.05, 3.63) is 0 Å². The van der Waals surface area contributed by atoms with Crippen LogP contribution in [-0.4, -0.2) is 19.0 Å². The summed E-state index contributed by atoms with van der Waals surface area (Å²) in [6, 6.07) is 0. The maximum Gasteiger partial charge on any atom is 0.275 e. The lowest BCUT2D eigenvalue weighted by atomic mass is 9.91. The van der Waals surface area contributed by atoms with Gasteiger partial charge in [-0.15, -0.1) is 0 Å². The molecule has 0 saturated carbocycles. The molecule has 0 saturated heterocycles. The molecule has 0 rings (SSSR count). The van der Waals surface area contributed by atoms with Crippen LogP contribution in [0, 0.1) is 5.41 Å². The second-order valence-electron chi connectivity index (χ2n) is 4.26. The molecule has 0 aromatic carbocycles. The van der Waals surface area contributed by atoms with E-state index in [2.05, 4.69) is 31.8 Å². The molecule has 0 aliphatic heterocycles. The van der Waals surface area contributed by atoms with Crippen LogP contribution in [0.2, 0.25) is 0 Å². The Labute approximate surface area is 74.7 Å². The van der Waals surface area contributed by atoms with E-state index < -0.39 is 0 Å². The molecule has 0 heterocycles. The summed E-state index contributed by atoms with van der Waals surface area (Å²) < 4.78 is 0. The molecule has 0 spiro atoms. The van der Waals surface area contributed by atoms with E-state index in [4.69, 9.17) is 0 Å². The van der Waals surface area contributed by atoms with Gasteiger partial charge in [-0.3, -0.25) is 4.79 Å². The number of carbonyl (C=O) groups is 1. The van der Waals surface area contributed by atoms with Crippen LogP contribution in [-0.2, 0) is 4.79 Å². The SMILES string of the molecule is CC(C)(C)CCCNC(=O)C[NH3+]. The van der Waals surface area contributed by atoms with Crippen LogP contribution in [0.4, 0.5) is 0 Å². The van der Waals surface area contributed by atoms with Gasteiger partial charge < -0.3 is 11.1 Å². The lowest BCUT2D eigenvalue weighted by molar-refractivity contribution is -0.355. The third-order valence-corrected chi connectivity index (χ3v) is 1.65. The van der Waals surface area contributed by atoms with E-state index >= 15 is 0 Å². The van der Waals surface area contributed by atoms with Crippen LogP contribution < -0.4 is 11.1 Å². The first-order chi connectivity index (χ1) is 5.45. The lowest BCUT2D eigenvalue weighted by Gasteiger charge is -2.17. The number of rotatable bonds is 4. The van der Waals surface area contributed by atoms with Crippen LogP contribution in [0.5, 0.6) is 0 Å². The Hall–Kier alpha value is -0.570. The molecule has 72 valence electrons. The first-order valence-electron chi connectivity index (χ1n) is 4.51. The Morgan fingerprint density at radius 3 is 2.42 bits per heavy atom. The van der Waals surface area contributed by atoms with Crippen molar-refractivity contribution < 1.29 is 10.5 Å². The molecule has 0 bridgehead atoms. The minimum absolute atomic E-state index is 0.0453. The number of amides is 1. The fraction of sp³-hybridized carbons (Fsp3) is 0.889. The molecular formula is C9H21N2O+. The van der Waals surface area contributed by atoms with Crippen molar-refractivity contribution in [1.82, 2.24) is 5.32 Å². The summed E-state index contributed by atoms with van der Waals surface area (Å²) in [4.78, 5) is 10.8. The van der Waals surface area contributed by atoms with E-state index in [1.54, 1.807) is 0 Å². The van der Waals surface area contributed by atoms with E-state index in [0.717, 1.165) is 19.4 Å². The Balaban J connectivity index is 3.28. The van der Waals surface area contributed by atoms with Gasteiger partial charge in [-0.05, 0) is 18.3 Å². The van der Waals surface area contributed by atoms with Crippen LogP contribution in [0.25, 0.3) is 0 Å². The molecule has 12 heavy (non-hydrogen) atoms. The zero-order chi connectivity index (χ0) is 9.61. The van der Waals surface area contributed by atoms with Gasteiger partial charge in [0.15, 0.2) is 6.54 Å². The molecule has 0 unspecified atom stereocenters. The molecule has 0 fully saturated rings. The number of hydrogen-bond donors (Lipinski definition) is 2. The van der Waals surface area contributed by atoms with Gasteiger partial charge in [0.2, 0.25) is 0 Å². The fourth-order valence-corrected chi connectivity index (χ4v) is 0.935. The Kier molecular flexibility index (Phi) is 4.90. The van der Waals surface area contributed by atoms with E-state index in [-0.39, 0.29) is 5.91 Å². The Bertz CT molecular complexity index is 138. The molecule has 0 aliphatic carbocycles. The molecule has 0 atom stereocenters. The molecule has 0 aromatic rings. The third kappa shape index (κ3) is 7.54. The van der Waals surface area contributed by atoms with E-state index in [0.29, 0.717) is 12.0 Å². The fourth-order valence-electron chi connectivity index (χ4n) is 0.935. The van der Waals surface area contributed by atoms with Gasteiger partial charge in [0.1, 0.15) is 0 Å². The molecule has 0 aliphatic rings. The van der Waals surface area contributed by atoms with E-state index in [1.165, 1.54) is 0 Å². The normalized spacial score (nSPS) is 11.3. The highest BCUT2D eigenvalue weighted by atomic mass is 16.1.